The summed E-state index contributed by atoms with van der Waals surface area (Å²) in [6, 6.07) is 5.30. The molecule has 3 heterocycles. The minimum Gasteiger partial charge on any atom is -0.297 e. The quantitative estimate of drug-likeness (QED) is 0.701. The summed E-state index contributed by atoms with van der Waals surface area (Å²) in [6.07, 6.45) is 3.44. The van der Waals surface area contributed by atoms with Crippen LogP contribution in [0.15, 0.2) is 35.3 Å². The van der Waals surface area contributed by atoms with E-state index in [1.54, 1.807) is 10.5 Å². The molecule has 1 aliphatic heterocycles. The van der Waals surface area contributed by atoms with Crippen molar-refractivity contribution in [1.82, 2.24) is 14.3 Å². The lowest BCUT2D eigenvalue weighted by atomic mass is 9.98. The van der Waals surface area contributed by atoms with Crippen molar-refractivity contribution in [3.05, 3.63) is 68.6 Å². The van der Waals surface area contributed by atoms with Crippen molar-refractivity contribution < 1.29 is 8.78 Å². The van der Waals surface area contributed by atoms with Gasteiger partial charge in [-0.2, -0.15) is 0 Å². The predicted molar refractivity (Wildman–Crippen MR) is 97.5 cm³/mol. The Morgan fingerprint density at radius 2 is 2.00 bits per heavy atom. The first-order valence-corrected chi connectivity index (χ1v) is 9.44. The van der Waals surface area contributed by atoms with Gasteiger partial charge in [-0.25, -0.2) is 13.8 Å². The zero-order valence-corrected chi connectivity index (χ0v) is 15.2. The van der Waals surface area contributed by atoms with E-state index in [4.69, 9.17) is 0 Å². The van der Waals surface area contributed by atoms with E-state index < -0.39 is 11.6 Å². The molecule has 0 N–H and O–H groups in total. The third-order valence-electron chi connectivity index (χ3n) is 4.74. The third kappa shape index (κ3) is 3.68. The second kappa shape index (κ2) is 6.89. The Hall–Kier alpha value is -2.12. The van der Waals surface area contributed by atoms with Crippen molar-refractivity contribution >= 4 is 16.3 Å². The molecule has 3 aromatic rings. The molecule has 0 radical (unpaired) electrons. The van der Waals surface area contributed by atoms with Gasteiger partial charge in [-0.3, -0.25) is 14.1 Å². The Labute approximate surface area is 153 Å². The highest BCUT2D eigenvalue weighted by Gasteiger charge is 2.23. The first-order chi connectivity index (χ1) is 12.5. The third-order valence-corrected chi connectivity index (χ3v) is 5.64. The number of hydrogen-bond acceptors (Lipinski definition) is 4. The van der Waals surface area contributed by atoms with Gasteiger partial charge in [0.25, 0.3) is 5.56 Å². The Bertz CT molecular complexity index is 993. The van der Waals surface area contributed by atoms with Gasteiger partial charge in [-0.05, 0) is 49.9 Å². The molecule has 1 fully saturated rings. The van der Waals surface area contributed by atoms with Crippen LogP contribution in [0.25, 0.3) is 4.96 Å². The number of benzene rings is 1. The number of aryl methyl sites for hydroxylation is 1. The maximum atomic E-state index is 13.3. The number of fused-ring (bicyclic) bond motifs is 1. The minimum atomic E-state index is -0.529. The van der Waals surface area contributed by atoms with Crippen LogP contribution in [0, 0.1) is 24.5 Å². The van der Waals surface area contributed by atoms with E-state index in [-0.39, 0.29) is 5.56 Å². The number of rotatable bonds is 4. The molecule has 0 saturated carbocycles. The van der Waals surface area contributed by atoms with Crippen molar-refractivity contribution in [1.29, 1.82) is 0 Å². The smallest absolute Gasteiger partial charge is 0.258 e. The van der Waals surface area contributed by atoms with E-state index in [1.165, 1.54) is 23.5 Å². The molecular formula is C19H19F2N3OS. The number of halogens is 2. The van der Waals surface area contributed by atoms with Crippen LogP contribution in [0.5, 0.6) is 0 Å². The topological polar surface area (TPSA) is 37.6 Å². The highest BCUT2D eigenvalue weighted by atomic mass is 32.1. The van der Waals surface area contributed by atoms with Crippen LogP contribution in [-0.2, 0) is 13.0 Å². The van der Waals surface area contributed by atoms with Crippen LogP contribution in [0.3, 0.4) is 0 Å². The molecule has 0 aliphatic carbocycles. The summed E-state index contributed by atoms with van der Waals surface area (Å²) in [7, 11) is 0. The second-order valence-electron chi connectivity index (χ2n) is 6.95. The molecule has 4 nitrogen and oxygen atoms in total. The van der Waals surface area contributed by atoms with Crippen molar-refractivity contribution in [2.24, 2.45) is 5.92 Å². The fourth-order valence-corrected chi connectivity index (χ4v) is 4.50. The van der Waals surface area contributed by atoms with E-state index in [9.17, 15) is 13.6 Å². The Morgan fingerprint density at radius 1 is 1.23 bits per heavy atom. The first-order valence-electron chi connectivity index (χ1n) is 8.62. The summed E-state index contributed by atoms with van der Waals surface area (Å²) >= 11 is 1.51. The van der Waals surface area contributed by atoms with Crippen LogP contribution in [0.2, 0.25) is 0 Å². The van der Waals surface area contributed by atoms with E-state index >= 15 is 0 Å². The van der Waals surface area contributed by atoms with Gasteiger partial charge in [0.2, 0.25) is 0 Å². The Balaban J connectivity index is 1.43. The fourth-order valence-electron chi connectivity index (χ4n) is 3.65. The van der Waals surface area contributed by atoms with Gasteiger partial charge in [0.15, 0.2) is 4.96 Å². The lowest BCUT2D eigenvalue weighted by Crippen LogP contribution is -2.23. The fraction of sp³-hybridized carbons (Fsp3) is 0.368. The molecule has 1 aliphatic rings. The average molecular weight is 375 g/mol. The van der Waals surface area contributed by atoms with Crippen molar-refractivity contribution in [3.63, 3.8) is 0 Å². The van der Waals surface area contributed by atoms with E-state index in [0.29, 0.717) is 24.4 Å². The molecule has 1 aromatic carbocycles. The van der Waals surface area contributed by atoms with E-state index in [0.717, 1.165) is 41.1 Å². The molecule has 0 spiro atoms. The molecule has 2 aromatic heterocycles. The van der Waals surface area contributed by atoms with Crippen molar-refractivity contribution in [2.75, 3.05) is 13.1 Å². The maximum absolute atomic E-state index is 13.3. The lowest BCUT2D eigenvalue weighted by Gasteiger charge is -2.15. The van der Waals surface area contributed by atoms with Gasteiger partial charge in [0.05, 0.1) is 5.69 Å². The van der Waals surface area contributed by atoms with Gasteiger partial charge in [-0.15, -0.1) is 11.3 Å². The number of aromatic nitrogens is 2. The predicted octanol–water partition coefficient (Wildman–Crippen LogP) is 3.41. The van der Waals surface area contributed by atoms with Gasteiger partial charge in [0, 0.05) is 36.3 Å². The molecular weight excluding hydrogens is 356 g/mol. The highest BCUT2D eigenvalue weighted by Crippen LogP contribution is 2.23. The zero-order valence-electron chi connectivity index (χ0n) is 14.4. The molecule has 7 heteroatoms. The summed E-state index contributed by atoms with van der Waals surface area (Å²) in [5.41, 5.74) is 1.41. The highest BCUT2D eigenvalue weighted by molar-refractivity contribution is 7.16. The number of hydrogen-bond donors (Lipinski definition) is 0. The molecule has 1 unspecified atom stereocenters. The summed E-state index contributed by atoms with van der Waals surface area (Å²) < 4.78 is 28.3. The molecule has 0 amide bonds. The standard InChI is InChI=1S/C19H19F2N3OS/c1-12-9-24-18(25)8-17(22-19(24)26-12)11-23-3-2-13(10-23)4-14-5-15(20)7-16(21)6-14/h5-9,13H,2-4,10-11H2,1H3. The molecule has 136 valence electrons. The number of likely N-dealkylation sites (tertiary alicyclic amines) is 1. The summed E-state index contributed by atoms with van der Waals surface area (Å²) in [4.78, 5) is 20.8. The molecule has 0 bridgehead atoms. The summed E-state index contributed by atoms with van der Waals surface area (Å²) in [5, 5.41) is 0. The van der Waals surface area contributed by atoms with Crippen LogP contribution >= 0.6 is 11.3 Å². The van der Waals surface area contributed by atoms with Crippen LogP contribution in [0.4, 0.5) is 8.78 Å². The number of thiazole rings is 1. The van der Waals surface area contributed by atoms with Crippen LogP contribution < -0.4 is 5.56 Å². The van der Waals surface area contributed by atoms with Crippen molar-refractivity contribution in [2.45, 2.75) is 26.3 Å². The van der Waals surface area contributed by atoms with Gasteiger partial charge in [-0.1, -0.05) is 0 Å². The summed E-state index contributed by atoms with van der Waals surface area (Å²) in [5.74, 6) is -0.705. The molecule has 1 saturated heterocycles. The van der Waals surface area contributed by atoms with Gasteiger partial charge < -0.3 is 0 Å². The minimum absolute atomic E-state index is 0.0552. The molecule has 26 heavy (non-hydrogen) atoms. The van der Waals surface area contributed by atoms with E-state index in [2.05, 4.69) is 9.88 Å². The van der Waals surface area contributed by atoms with Crippen LogP contribution in [0.1, 0.15) is 22.6 Å². The molecule has 1 atom stereocenters. The monoisotopic (exact) mass is 375 g/mol. The van der Waals surface area contributed by atoms with Gasteiger partial charge >= 0.3 is 0 Å². The lowest BCUT2D eigenvalue weighted by molar-refractivity contribution is 0.312. The van der Waals surface area contributed by atoms with Gasteiger partial charge in [0.1, 0.15) is 11.6 Å². The SMILES string of the molecule is Cc1cn2c(=O)cc(CN3CCC(Cc4cc(F)cc(F)c4)C3)nc2s1. The molecule has 4 rings (SSSR count). The maximum Gasteiger partial charge on any atom is 0.258 e. The average Bonchev–Trinajstić information content (AvgIpc) is 3.12. The van der Waals surface area contributed by atoms with Crippen molar-refractivity contribution in [3.8, 4) is 0 Å². The number of nitrogens with zero attached hydrogens (tertiary/aromatic N) is 3. The normalized spacial score (nSPS) is 18.0. The second-order valence-corrected chi connectivity index (χ2v) is 8.16. The zero-order chi connectivity index (χ0) is 18.3. The Morgan fingerprint density at radius 3 is 2.77 bits per heavy atom. The summed E-state index contributed by atoms with van der Waals surface area (Å²) in [6.45, 7) is 4.31. The largest absolute Gasteiger partial charge is 0.297 e. The first kappa shape index (κ1) is 17.3. The van der Waals surface area contributed by atoms with Crippen LogP contribution in [-0.4, -0.2) is 27.4 Å². The Kier molecular flexibility index (Phi) is 4.58. The van der Waals surface area contributed by atoms with E-state index in [1.807, 2.05) is 13.1 Å².